The van der Waals surface area contributed by atoms with E-state index in [-0.39, 0.29) is 5.75 Å². The molecule has 114 valence electrons. The van der Waals surface area contributed by atoms with E-state index < -0.39 is 16.1 Å². The third-order valence-electron chi connectivity index (χ3n) is 2.86. The van der Waals surface area contributed by atoms with Gasteiger partial charge in [0.15, 0.2) is 11.5 Å². The minimum atomic E-state index is -3.35. The first-order valence-corrected chi connectivity index (χ1v) is 7.89. The Balaban J connectivity index is 2.99. The number of hydrogen-bond donors (Lipinski definition) is 1. The summed E-state index contributed by atoms with van der Waals surface area (Å²) in [5, 5.41) is 0. The van der Waals surface area contributed by atoms with E-state index in [1.807, 2.05) is 6.92 Å². The molecular weight excluding hydrogens is 280 g/mol. The second-order valence-electron chi connectivity index (χ2n) is 4.51. The fraction of sp³-hybridized carbons (Fsp3) is 0.538. The average molecular weight is 302 g/mol. The molecule has 0 saturated heterocycles. The fourth-order valence-electron chi connectivity index (χ4n) is 1.66. The van der Waals surface area contributed by atoms with Crippen molar-refractivity contribution in [2.45, 2.75) is 13.0 Å². The Bertz CT molecular complexity index is 543. The monoisotopic (exact) mass is 302 g/mol. The van der Waals surface area contributed by atoms with Crippen LogP contribution in [0.2, 0.25) is 0 Å². The summed E-state index contributed by atoms with van der Waals surface area (Å²) in [7, 11) is 1.18. The zero-order valence-corrected chi connectivity index (χ0v) is 13.1. The Kier molecular flexibility index (Phi) is 5.79. The van der Waals surface area contributed by atoms with Crippen molar-refractivity contribution in [2.75, 3.05) is 33.6 Å². The Hall–Kier alpha value is -1.31. The van der Waals surface area contributed by atoms with Crippen LogP contribution in [0.15, 0.2) is 18.2 Å². The van der Waals surface area contributed by atoms with Gasteiger partial charge in [-0.25, -0.2) is 12.7 Å². The Morgan fingerprint density at radius 3 is 2.45 bits per heavy atom. The van der Waals surface area contributed by atoms with Crippen LogP contribution in [0.5, 0.6) is 11.5 Å². The van der Waals surface area contributed by atoms with Crippen LogP contribution in [0.3, 0.4) is 0 Å². The summed E-state index contributed by atoms with van der Waals surface area (Å²) in [6.45, 7) is 2.35. The smallest absolute Gasteiger partial charge is 0.215 e. The van der Waals surface area contributed by atoms with Crippen LogP contribution < -0.4 is 15.2 Å². The van der Waals surface area contributed by atoms with Gasteiger partial charge in [-0.1, -0.05) is 6.07 Å². The number of sulfonamides is 1. The van der Waals surface area contributed by atoms with Crippen molar-refractivity contribution < 1.29 is 17.9 Å². The van der Waals surface area contributed by atoms with Gasteiger partial charge in [0.1, 0.15) is 0 Å². The molecule has 0 bridgehead atoms. The van der Waals surface area contributed by atoms with E-state index in [0.717, 1.165) is 0 Å². The number of hydrogen-bond acceptors (Lipinski definition) is 5. The number of nitrogens with zero attached hydrogens (tertiary/aromatic N) is 1. The molecule has 1 unspecified atom stereocenters. The Morgan fingerprint density at radius 2 is 1.95 bits per heavy atom. The molecule has 6 nitrogen and oxygen atoms in total. The molecule has 2 N–H and O–H groups in total. The van der Waals surface area contributed by atoms with Crippen LogP contribution in [0, 0.1) is 0 Å². The lowest BCUT2D eigenvalue weighted by Gasteiger charge is -2.18. The molecule has 0 spiro atoms. The van der Waals surface area contributed by atoms with E-state index in [1.54, 1.807) is 25.3 Å². The minimum absolute atomic E-state index is 0.155. The maximum absolute atomic E-state index is 11.8. The van der Waals surface area contributed by atoms with Crippen LogP contribution in [-0.4, -0.2) is 46.3 Å². The molecule has 7 heteroatoms. The molecule has 0 aromatic heterocycles. The second kappa shape index (κ2) is 6.92. The van der Waals surface area contributed by atoms with E-state index in [9.17, 15) is 8.42 Å². The standard InChI is InChI=1S/C13H22N2O4S/c1-5-19-13-8-10(6-7-12(13)18-4)11(14)9-20(16,17)15(2)3/h6-8,11H,5,9,14H2,1-4H3. The van der Waals surface area contributed by atoms with E-state index in [2.05, 4.69) is 0 Å². The first-order chi connectivity index (χ1) is 9.31. The van der Waals surface area contributed by atoms with Gasteiger partial charge >= 0.3 is 0 Å². The lowest BCUT2D eigenvalue weighted by molar-refractivity contribution is 0.310. The molecule has 1 rings (SSSR count). The summed E-state index contributed by atoms with van der Waals surface area (Å²) < 4.78 is 35.5. The first-order valence-electron chi connectivity index (χ1n) is 6.28. The number of methoxy groups -OCH3 is 1. The van der Waals surface area contributed by atoms with Crippen molar-refractivity contribution in [1.82, 2.24) is 4.31 Å². The van der Waals surface area contributed by atoms with E-state index in [0.29, 0.717) is 23.7 Å². The molecule has 0 aliphatic carbocycles. The van der Waals surface area contributed by atoms with Gasteiger partial charge in [0.05, 0.1) is 19.5 Å². The maximum atomic E-state index is 11.8. The van der Waals surface area contributed by atoms with Gasteiger partial charge in [-0.2, -0.15) is 0 Å². The fourth-order valence-corrected chi connectivity index (χ4v) is 2.61. The lowest BCUT2D eigenvalue weighted by atomic mass is 10.1. The van der Waals surface area contributed by atoms with Crippen LogP contribution in [-0.2, 0) is 10.0 Å². The summed E-state index contributed by atoms with van der Waals surface area (Å²) in [5.74, 6) is 1.00. The topological polar surface area (TPSA) is 81.9 Å². The average Bonchev–Trinajstić information content (AvgIpc) is 2.38. The van der Waals surface area contributed by atoms with Crippen LogP contribution in [0.4, 0.5) is 0 Å². The van der Waals surface area contributed by atoms with E-state index >= 15 is 0 Å². The quantitative estimate of drug-likeness (QED) is 0.812. The van der Waals surface area contributed by atoms with Gasteiger partial charge in [0, 0.05) is 20.1 Å². The number of nitrogens with two attached hydrogens (primary N) is 1. The zero-order valence-electron chi connectivity index (χ0n) is 12.3. The third-order valence-corrected chi connectivity index (χ3v) is 4.76. The normalized spacial score (nSPS) is 13.3. The highest BCUT2D eigenvalue weighted by Gasteiger charge is 2.20. The molecule has 0 fully saturated rings. The molecule has 0 aliphatic heterocycles. The van der Waals surface area contributed by atoms with Crippen molar-refractivity contribution in [3.8, 4) is 11.5 Å². The van der Waals surface area contributed by atoms with Crippen LogP contribution >= 0.6 is 0 Å². The first kappa shape index (κ1) is 16.7. The summed E-state index contributed by atoms with van der Waals surface area (Å²) in [6, 6.07) is 4.57. The molecule has 1 atom stereocenters. The molecule has 0 amide bonds. The molecule has 0 heterocycles. The largest absolute Gasteiger partial charge is 0.493 e. The van der Waals surface area contributed by atoms with Crippen molar-refractivity contribution >= 4 is 10.0 Å². The van der Waals surface area contributed by atoms with Gasteiger partial charge in [-0.15, -0.1) is 0 Å². The van der Waals surface area contributed by atoms with Gasteiger partial charge < -0.3 is 15.2 Å². The predicted molar refractivity (Wildman–Crippen MR) is 78.6 cm³/mol. The van der Waals surface area contributed by atoms with E-state index in [1.165, 1.54) is 18.4 Å². The number of benzene rings is 1. The highest BCUT2D eigenvalue weighted by molar-refractivity contribution is 7.89. The molecular formula is C13H22N2O4S. The zero-order chi connectivity index (χ0) is 15.3. The van der Waals surface area contributed by atoms with Gasteiger partial charge in [0.25, 0.3) is 0 Å². The molecule has 1 aromatic rings. The summed E-state index contributed by atoms with van der Waals surface area (Å²) >= 11 is 0. The van der Waals surface area contributed by atoms with Crippen molar-refractivity contribution in [2.24, 2.45) is 5.73 Å². The minimum Gasteiger partial charge on any atom is -0.493 e. The predicted octanol–water partition coefficient (Wildman–Crippen LogP) is 0.985. The summed E-state index contributed by atoms with van der Waals surface area (Å²) in [6.07, 6.45) is 0. The van der Waals surface area contributed by atoms with Crippen molar-refractivity contribution in [3.05, 3.63) is 23.8 Å². The Labute approximate surface area is 120 Å². The van der Waals surface area contributed by atoms with Gasteiger partial charge in [0.2, 0.25) is 10.0 Å². The van der Waals surface area contributed by atoms with Crippen LogP contribution in [0.25, 0.3) is 0 Å². The number of rotatable bonds is 7. The van der Waals surface area contributed by atoms with Gasteiger partial charge in [-0.05, 0) is 24.6 Å². The molecule has 0 aliphatic rings. The Morgan fingerprint density at radius 1 is 1.30 bits per heavy atom. The summed E-state index contributed by atoms with van der Waals surface area (Å²) in [4.78, 5) is 0. The molecule has 0 saturated carbocycles. The second-order valence-corrected chi connectivity index (χ2v) is 6.74. The van der Waals surface area contributed by atoms with E-state index in [4.69, 9.17) is 15.2 Å². The van der Waals surface area contributed by atoms with Gasteiger partial charge in [-0.3, -0.25) is 0 Å². The van der Waals surface area contributed by atoms with Crippen molar-refractivity contribution in [1.29, 1.82) is 0 Å². The summed E-state index contributed by atoms with van der Waals surface area (Å²) in [5.41, 5.74) is 6.67. The molecule has 20 heavy (non-hydrogen) atoms. The van der Waals surface area contributed by atoms with Crippen LogP contribution in [0.1, 0.15) is 18.5 Å². The maximum Gasteiger partial charge on any atom is 0.215 e. The van der Waals surface area contributed by atoms with Crippen molar-refractivity contribution in [3.63, 3.8) is 0 Å². The highest BCUT2D eigenvalue weighted by Crippen LogP contribution is 2.30. The molecule has 0 radical (unpaired) electrons. The lowest BCUT2D eigenvalue weighted by Crippen LogP contribution is -2.31. The highest BCUT2D eigenvalue weighted by atomic mass is 32.2. The molecule has 1 aromatic carbocycles. The number of ether oxygens (including phenoxy) is 2. The SMILES string of the molecule is CCOc1cc(C(N)CS(=O)(=O)N(C)C)ccc1OC. The third kappa shape index (κ3) is 4.09.